The average Bonchev–Trinajstić information content (AvgIpc) is 2.60. The van der Waals surface area contributed by atoms with E-state index in [1.807, 2.05) is 0 Å². The van der Waals surface area contributed by atoms with E-state index in [4.69, 9.17) is 4.74 Å². The molecule has 0 aliphatic rings. The SMILES string of the molecule is CCCCCCCCCC(CCCC)OC(=O)c1ccc(F)c(F)c1. The van der Waals surface area contributed by atoms with Gasteiger partial charge < -0.3 is 4.74 Å². The first-order valence-electron chi connectivity index (χ1n) is 9.74. The molecular formula is C21H32F2O2. The summed E-state index contributed by atoms with van der Waals surface area (Å²) in [7, 11) is 0. The number of unbranched alkanes of at least 4 members (excludes halogenated alkanes) is 7. The topological polar surface area (TPSA) is 26.3 Å². The number of carbonyl (C=O) groups is 1. The zero-order valence-electron chi connectivity index (χ0n) is 15.7. The molecule has 0 N–H and O–H groups in total. The van der Waals surface area contributed by atoms with Crippen molar-refractivity contribution in [2.45, 2.75) is 90.6 Å². The maximum atomic E-state index is 13.3. The highest BCUT2D eigenvalue weighted by Crippen LogP contribution is 2.18. The molecule has 0 aliphatic heterocycles. The predicted molar refractivity (Wildman–Crippen MR) is 97.7 cm³/mol. The summed E-state index contributed by atoms with van der Waals surface area (Å²) in [5.41, 5.74) is 0.0694. The van der Waals surface area contributed by atoms with Gasteiger partial charge >= 0.3 is 5.97 Å². The molecule has 25 heavy (non-hydrogen) atoms. The highest BCUT2D eigenvalue weighted by molar-refractivity contribution is 5.89. The van der Waals surface area contributed by atoms with Gasteiger partial charge in [0.1, 0.15) is 6.10 Å². The number of ether oxygens (including phenoxy) is 1. The maximum Gasteiger partial charge on any atom is 0.338 e. The first kappa shape index (κ1) is 21.6. The van der Waals surface area contributed by atoms with Crippen LogP contribution in [0.5, 0.6) is 0 Å². The van der Waals surface area contributed by atoms with Crippen LogP contribution >= 0.6 is 0 Å². The fourth-order valence-electron chi connectivity index (χ4n) is 2.87. The molecule has 1 rings (SSSR count). The normalized spacial score (nSPS) is 12.2. The Hall–Kier alpha value is -1.45. The molecule has 142 valence electrons. The maximum absolute atomic E-state index is 13.3. The van der Waals surface area contributed by atoms with Gasteiger partial charge in [-0.1, -0.05) is 65.2 Å². The lowest BCUT2D eigenvalue weighted by atomic mass is 10.0. The molecule has 2 nitrogen and oxygen atoms in total. The summed E-state index contributed by atoms with van der Waals surface area (Å²) < 4.78 is 31.8. The zero-order chi connectivity index (χ0) is 18.5. The number of carbonyl (C=O) groups excluding carboxylic acids is 1. The van der Waals surface area contributed by atoms with Crippen LogP contribution in [-0.4, -0.2) is 12.1 Å². The van der Waals surface area contributed by atoms with Gasteiger partial charge in [-0.3, -0.25) is 0 Å². The van der Waals surface area contributed by atoms with E-state index in [0.29, 0.717) is 0 Å². The van der Waals surface area contributed by atoms with Crippen LogP contribution in [0, 0.1) is 11.6 Å². The van der Waals surface area contributed by atoms with Crippen molar-refractivity contribution in [3.05, 3.63) is 35.4 Å². The highest BCUT2D eigenvalue weighted by atomic mass is 19.2. The smallest absolute Gasteiger partial charge is 0.338 e. The summed E-state index contributed by atoms with van der Waals surface area (Å²) in [6.07, 6.45) is 12.1. The number of hydrogen-bond donors (Lipinski definition) is 0. The molecule has 1 unspecified atom stereocenters. The molecule has 0 aromatic heterocycles. The third-order valence-corrected chi connectivity index (χ3v) is 4.44. The van der Waals surface area contributed by atoms with Crippen LogP contribution in [0.2, 0.25) is 0 Å². The second-order valence-corrected chi connectivity index (χ2v) is 6.71. The van der Waals surface area contributed by atoms with Gasteiger partial charge in [-0.2, -0.15) is 0 Å². The average molecular weight is 354 g/mol. The van der Waals surface area contributed by atoms with Gasteiger partial charge in [0, 0.05) is 0 Å². The van der Waals surface area contributed by atoms with Gasteiger partial charge in [-0.15, -0.1) is 0 Å². The molecule has 0 spiro atoms. The monoisotopic (exact) mass is 354 g/mol. The summed E-state index contributed by atoms with van der Waals surface area (Å²) in [5.74, 6) is -2.54. The van der Waals surface area contributed by atoms with Crippen molar-refractivity contribution in [3.63, 3.8) is 0 Å². The quantitative estimate of drug-likeness (QED) is 0.287. The summed E-state index contributed by atoms with van der Waals surface area (Å²) in [4.78, 5) is 12.2. The van der Waals surface area contributed by atoms with E-state index in [-0.39, 0.29) is 11.7 Å². The minimum absolute atomic E-state index is 0.0694. The number of hydrogen-bond acceptors (Lipinski definition) is 2. The van der Waals surface area contributed by atoms with Crippen molar-refractivity contribution in [2.75, 3.05) is 0 Å². The Kier molecular flexibility index (Phi) is 11.1. The lowest BCUT2D eigenvalue weighted by Crippen LogP contribution is -2.18. The second kappa shape index (κ2) is 12.8. The number of esters is 1. The fourth-order valence-corrected chi connectivity index (χ4v) is 2.87. The van der Waals surface area contributed by atoms with Crippen molar-refractivity contribution in [1.29, 1.82) is 0 Å². The Morgan fingerprint density at radius 3 is 2.12 bits per heavy atom. The second-order valence-electron chi connectivity index (χ2n) is 6.71. The fraction of sp³-hybridized carbons (Fsp3) is 0.667. The van der Waals surface area contributed by atoms with Gasteiger partial charge in [0.15, 0.2) is 11.6 Å². The van der Waals surface area contributed by atoms with Crippen molar-refractivity contribution in [2.24, 2.45) is 0 Å². The van der Waals surface area contributed by atoms with E-state index in [0.717, 1.165) is 50.7 Å². The van der Waals surface area contributed by atoms with E-state index < -0.39 is 17.6 Å². The lowest BCUT2D eigenvalue weighted by Gasteiger charge is -2.18. The molecule has 0 radical (unpaired) electrons. The molecule has 0 bridgehead atoms. The molecular weight excluding hydrogens is 322 g/mol. The first-order chi connectivity index (χ1) is 12.1. The number of halogens is 2. The van der Waals surface area contributed by atoms with Crippen LogP contribution in [0.1, 0.15) is 94.8 Å². The van der Waals surface area contributed by atoms with Crippen LogP contribution in [0.15, 0.2) is 18.2 Å². The van der Waals surface area contributed by atoms with Crippen LogP contribution in [0.25, 0.3) is 0 Å². The first-order valence-corrected chi connectivity index (χ1v) is 9.74. The Morgan fingerprint density at radius 1 is 0.880 bits per heavy atom. The molecule has 4 heteroatoms. The van der Waals surface area contributed by atoms with Crippen molar-refractivity contribution in [1.82, 2.24) is 0 Å². The summed E-state index contributed by atoms with van der Waals surface area (Å²) in [6.45, 7) is 4.31. The van der Waals surface area contributed by atoms with E-state index in [1.54, 1.807) is 0 Å². The molecule has 1 aromatic rings. The largest absolute Gasteiger partial charge is 0.459 e. The number of benzene rings is 1. The third kappa shape index (κ3) is 8.99. The van der Waals surface area contributed by atoms with E-state index in [2.05, 4.69) is 13.8 Å². The molecule has 0 saturated heterocycles. The van der Waals surface area contributed by atoms with Crippen molar-refractivity contribution >= 4 is 5.97 Å². The van der Waals surface area contributed by atoms with Crippen LogP contribution in [0.4, 0.5) is 8.78 Å². The highest BCUT2D eigenvalue weighted by Gasteiger charge is 2.17. The minimum Gasteiger partial charge on any atom is -0.459 e. The van der Waals surface area contributed by atoms with E-state index in [9.17, 15) is 13.6 Å². The number of rotatable bonds is 13. The molecule has 0 saturated carbocycles. The summed E-state index contributed by atoms with van der Waals surface area (Å²) in [5, 5.41) is 0. The standard InChI is InChI=1S/C21H32F2O2/c1-3-5-7-8-9-10-11-13-18(12-6-4-2)25-21(24)17-14-15-19(22)20(23)16-17/h14-16,18H,3-13H2,1-2H3. The van der Waals surface area contributed by atoms with E-state index in [1.165, 1.54) is 38.2 Å². The predicted octanol–water partition coefficient (Wildman–Crippen LogP) is 6.82. The van der Waals surface area contributed by atoms with Gasteiger partial charge in [-0.25, -0.2) is 13.6 Å². The molecule has 0 aliphatic carbocycles. The minimum atomic E-state index is -1.02. The molecule has 1 aromatic carbocycles. The van der Waals surface area contributed by atoms with Crippen LogP contribution in [0.3, 0.4) is 0 Å². The van der Waals surface area contributed by atoms with Crippen molar-refractivity contribution < 1.29 is 18.3 Å². The summed E-state index contributed by atoms with van der Waals surface area (Å²) >= 11 is 0. The van der Waals surface area contributed by atoms with E-state index >= 15 is 0 Å². The lowest BCUT2D eigenvalue weighted by molar-refractivity contribution is 0.0249. The van der Waals surface area contributed by atoms with Gasteiger partial charge in [0.2, 0.25) is 0 Å². The molecule has 0 amide bonds. The Morgan fingerprint density at radius 2 is 1.48 bits per heavy atom. The Labute approximate surface area is 151 Å². The molecule has 1 atom stereocenters. The Balaban J connectivity index is 2.43. The van der Waals surface area contributed by atoms with Crippen molar-refractivity contribution in [3.8, 4) is 0 Å². The summed E-state index contributed by atoms with van der Waals surface area (Å²) in [6, 6.07) is 3.14. The molecule has 0 heterocycles. The molecule has 0 fully saturated rings. The van der Waals surface area contributed by atoms with Gasteiger partial charge in [0.25, 0.3) is 0 Å². The van der Waals surface area contributed by atoms with Gasteiger partial charge in [-0.05, 0) is 37.5 Å². The van der Waals surface area contributed by atoms with Gasteiger partial charge in [0.05, 0.1) is 5.56 Å². The Bertz CT molecular complexity index is 503. The third-order valence-electron chi connectivity index (χ3n) is 4.44. The van der Waals surface area contributed by atoms with Crippen LogP contribution < -0.4 is 0 Å². The zero-order valence-corrected chi connectivity index (χ0v) is 15.7. The van der Waals surface area contributed by atoms with Crippen LogP contribution in [-0.2, 0) is 4.74 Å².